The Labute approximate surface area is 125 Å². The molecular formula is C18H20N2O. The molecule has 1 amide bonds. The number of aryl methyl sites for hydroxylation is 1. The third-order valence-electron chi connectivity index (χ3n) is 4.01. The van der Waals surface area contributed by atoms with Crippen molar-refractivity contribution in [1.82, 2.24) is 5.32 Å². The van der Waals surface area contributed by atoms with Gasteiger partial charge in [-0.25, -0.2) is 0 Å². The predicted molar refractivity (Wildman–Crippen MR) is 85.8 cm³/mol. The lowest BCUT2D eigenvalue weighted by Gasteiger charge is -2.10. The van der Waals surface area contributed by atoms with E-state index < -0.39 is 0 Å². The van der Waals surface area contributed by atoms with E-state index in [1.54, 1.807) is 0 Å². The van der Waals surface area contributed by atoms with Crippen LogP contribution in [0.15, 0.2) is 48.5 Å². The molecule has 1 saturated heterocycles. The van der Waals surface area contributed by atoms with E-state index >= 15 is 0 Å². The minimum atomic E-state index is -0.0646. The SMILES string of the molecule is Cc1ccc(C(=O)Nc2ccc([C@@H]3CCNC3)cc2)cc1. The summed E-state index contributed by atoms with van der Waals surface area (Å²) in [6.07, 6.45) is 1.19. The first-order chi connectivity index (χ1) is 10.2. The Morgan fingerprint density at radius 3 is 2.43 bits per heavy atom. The van der Waals surface area contributed by atoms with Crippen LogP contribution in [0.2, 0.25) is 0 Å². The molecule has 3 heteroatoms. The summed E-state index contributed by atoms with van der Waals surface area (Å²) in [7, 11) is 0. The van der Waals surface area contributed by atoms with E-state index in [0.717, 1.165) is 24.3 Å². The Hall–Kier alpha value is -2.13. The molecule has 0 spiro atoms. The number of amides is 1. The van der Waals surface area contributed by atoms with Crippen LogP contribution < -0.4 is 10.6 Å². The van der Waals surface area contributed by atoms with E-state index in [-0.39, 0.29) is 5.91 Å². The highest BCUT2D eigenvalue weighted by atomic mass is 16.1. The van der Waals surface area contributed by atoms with Crippen LogP contribution in [-0.4, -0.2) is 19.0 Å². The molecule has 0 bridgehead atoms. The van der Waals surface area contributed by atoms with E-state index in [9.17, 15) is 4.79 Å². The standard InChI is InChI=1S/C18H20N2O/c1-13-2-4-15(5-3-13)18(21)20-17-8-6-14(7-9-17)16-10-11-19-12-16/h2-9,16,19H,10-12H2,1H3,(H,20,21)/t16-/m1/s1. The molecule has 3 rings (SSSR count). The van der Waals surface area contributed by atoms with E-state index in [4.69, 9.17) is 0 Å². The van der Waals surface area contributed by atoms with Crippen molar-refractivity contribution in [2.45, 2.75) is 19.3 Å². The summed E-state index contributed by atoms with van der Waals surface area (Å²) in [5, 5.41) is 6.31. The smallest absolute Gasteiger partial charge is 0.255 e. The van der Waals surface area contributed by atoms with E-state index in [2.05, 4.69) is 22.8 Å². The third kappa shape index (κ3) is 3.31. The predicted octanol–water partition coefficient (Wildman–Crippen LogP) is 3.32. The van der Waals surface area contributed by atoms with Crippen molar-refractivity contribution < 1.29 is 4.79 Å². The first kappa shape index (κ1) is 13.8. The molecule has 2 aromatic carbocycles. The molecule has 0 saturated carbocycles. The lowest BCUT2D eigenvalue weighted by molar-refractivity contribution is 0.102. The molecule has 1 heterocycles. The van der Waals surface area contributed by atoms with Crippen molar-refractivity contribution in [1.29, 1.82) is 0 Å². The summed E-state index contributed by atoms with van der Waals surface area (Å²) in [6, 6.07) is 15.8. The molecule has 21 heavy (non-hydrogen) atoms. The highest BCUT2D eigenvalue weighted by molar-refractivity contribution is 6.04. The molecule has 108 valence electrons. The number of benzene rings is 2. The van der Waals surface area contributed by atoms with Crippen molar-refractivity contribution >= 4 is 11.6 Å². The molecule has 0 radical (unpaired) electrons. The molecule has 3 nitrogen and oxygen atoms in total. The fourth-order valence-electron chi connectivity index (χ4n) is 2.69. The average Bonchev–Trinajstić information content (AvgIpc) is 3.03. The van der Waals surface area contributed by atoms with Crippen molar-refractivity contribution in [2.24, 2.45) is 0 Å². The van der Waals surface area contributed by atoms with Crippen LogP contribution >= 0.6 is 0 Å². The number of anilines is 1. The molecule has 0 unspecified atom stereocenters. The Kier molecular flexibility index (Phi) is 4.02. The highest BCUT2D eigenvalue weighted by Gasteiger charge is 2.16. The third-order valence-corrected chi connectivity index (χ3v) is 4.01. The number of rotatable bonds is 3. The molecular weight excluding hydrogens is 260 g/mol. The maximum atomic E-state index is 12.1. The molecule has 1 aliphatic rings. The molecule has 2 N–H and O–H groups in total. The van der Waals surface area contributed by atoms with Crippen LogP contribution in [0.25, 0.3) is 0 Å². The Morgan fingerprint density at radius 1 is 1.10 bits per heavy atom. The van der Waals surface area contributed by atoms with Gasteiger partial charge in [0.25, 0.3) is 5.91 Å². The topological polar surface area (TPSA) is 41.1 Å². The summed E-state index contributed by atoms with van der Waals surface area (Å²) in [5.74, 6) is 0.539. The number of carbonyl (C=O) groups excluding carboxylic acids is 1. The van der Waals surface area contributed by atoms with Crippen molar-refractivity contribution in [3.8, 4) is 0 Å². The summed E-state index contributed by atoms with van der Waals surface area (Å²) in [4.78, 5) is 12.1. The van der Waals surface area contributed by atoms with Gasteiger partial charge in [0.1, 0.15) is 0 Å². The lowest BCUT2D eigenvalue weighted by atomic mass is 9.98. The van der Waals surface area contributed by atoms with Gasteiger partial charge in [0, 0.05) is 17.8 Å². The van der Waals surface area contributed by atoms with E-state index in [0.29, 0.717) is 11.5 Å². The number of carbonyl (C=O) groups is 1. The van der Waals surface area contributed by atoms with Crippen molar-refractivity contribution in [3.05, 3.63) is 65.2 Å². The summed E-state index contributed by atoms with van der Waals surface area (Å²) in [5.41, 5.74) is 4.02. The van der Waals surface area contributed by atoms with Gasteiger partial charge in [-0.3, -0.25) is 4.79 Å². The normalized spacial score (nSPS) is 17.7. The number of hydrogen-bond donors (Lipinski definition) is 2. The van der Waals surface area contributed by atoms with Crippen LogP contribution in [0.3, 0.4) is 0 Å². The van der Waals surface area contributed by atoms with Crippen LogP contribution in [0.4, 0.5) is 5.69 Å². The van der Waals surface area contributed by atoms with Gasteiger partial charge in [-0.2, -0.15) is 0 Å². The zero-order valence-electron chi connectivity index (χ0n) is 12.2. The van der Waals surface area contributed by atoms with Gasteiger partial charge in [-0.1, -0.05) is 29.8 Å². The highest BCUT2D eigenvalue weighted by Crippen LogP contribution is 2.23. The molecule has 0 aliphatic carbocycles. The van der Waals surface area contributed by atoms with Crippen LogP contribution in [-0.2, 0) is 0 Å². The molecule has 1 aliphatic heterocycles. The van der Waals surface area contributed by atoms with Crippen LogP contribution in [0.1, 0.15) is 33.8 Å². The van der Waals surface area contributed by atoms with E-state index in [1.807, 2.05) is 43.3 Å². The van der Waals surface area contributed by atoms with Crippen LogP contribution in [0, 0.1) is 6.92 Å². The number of hydrogen-bond acceptors (Lipinski definition) is 2. The molecule has 2 aromatic rings. The fraction of sp³-hybridized carbons (Fsp3) is 0.278. The second kappa shape index (κ2) is 6.10. The summed E-state index contributed by atoms with van der Waals surface area (Å²) >= 11 is 0. The van der Waals surface area contributed by atoms with Gasteiger partial charge in [-0.05, 0) is 55.6 Å². The fourth-order valence-corrected chi connectivity index (χ4v) is 2.69. The minimum absolute atomic E-state index is 0.0646. The van der Waals surface area contributed by atoms with E-state index in [1.165, 1.54) is 12.0 Å². The van der Waals surface area contributed by atoms with Gasteiger partial charge in [0.15, 0.2) is 0 Å². The van der Waals surface area contributed by atoms with Gasteiger partial charge in [0.2, 0.25) is 0 Å². The molecule has 1 atom stereocenters. The first-order valence-corrected chi connectivity index (χ1v) is 7.41. The Morgan fingerprint density at radius 2 is 1.81 bits per heavy atom. The number of nitrogens with one attached hydrogen (secondary N) is 2. The molecule has 0 aromatic heterocycles. The average molecular weight is 280 g/mol. The quantitative estimate of drug-likeness (QED) is 0.905. The maximum Gasteiger partial charge on any atom is 0.255 e. The van der Waals surface area contributed by atoms with Gasteiger partial charge >= 0.3 is 0 Å². The monoisotopic (exact) mass is 280 g/mol. The second-order valence-corrected chi connectivity index (χ2v) is 5.63. The largest absolute Gasteiger partial charge is 0.322 e. The van der Waals surface area contributed by atoms with Crippen molar-refractivity contribution in [3.63, 3.8) is 0 Å². The van der Waals surface area contributed by atoms with Gasteiger partial charge in [-0.15, -0.1) is 0 Å². The zero-order valence-corrected chi connectivity index (χ0v) is 12.2. The zero-order chi connectivity index (χ0) is 14.7. The Balaban J connectivity index is 1.67. The van der Waals surface area contributed by atoms with Crippen molar-refractivity contribution in [2.75, 3.05) is 18.4 Å². The maximum absolute atomic E-state index is 12.1. The van der Waals surface area contributed by atoms with Gasteiger partial charge in [0.05, 0.1) is 0 Å². The summed E-state index contributed by atoms with van der Waals surface area (Å²) in [6.45, 7) is 4.16. The molecule has 1 fully saturated rings. The summed E-state index contributed by atoms with van der Waals surface area (Å²) < 4.78 is 0. The lowest BCUT2D eigenvalue weighted by Crippen LogP contribution is -2.12. The first-order valence-electron chi connectivity index (χ1n) is 7.41. The minimum Gasteiger partial charge on any atom is -0.322 e. The Bertz CT molecular complexity index is 611. The van der Waals surface area contributed by atoms with Crippen LogP contribution in [0.5, 0.6) is 0 Å². The second-order valence-electron chi connectivity index (χ2n) is 5.63. The van der Waals surface area contributed by atoms with Gasteiger partial charge < -0.3 is 10.6 Å².